The van der Waals surface area contributed by atoms with E-state index >= 15 is 0 Å². The zero-order chi connectivity index (χ0) is 19.2. The van der Waals surface area contributed by atoms with Crippen LogP contribution in [0.5, 0.6) is 11.5 Å². The Bertz CT molecular complexity index is 831. The van der Waals surface area contributed by atoms with Gasteiger partial charge >= 0.3 is 5.97 Å². The molecule has 0 N–H and O–H groups in total. The lowest BCUT2D eigenvalue weighted by atomic mass is 10.3. The Morgan fingerprint density at radius 2 is 1.88 bits per heavy atom. The molecule has 1 aromatic carbocycles. The minimum atomic E-state index is -4.01. The summed E-state index contributed by atoms with van der Waals surface area (Å²) in [4.78, 5) is 11.8. The zero-order valence-electron chi connectivity index (χ0n) is 14.8. The molecule has 0 saturated carbocycles. The molecule has 8 nitrogen and oxygen atoms in total. The monoisotopic (exact) mass is 383 g/mol. The number of hydrogen-bond acceptors (Lipinski definition) is 7. The summed E-state index contributed by atoms with van der Waals surface area (Å²) >= 11 is 0. The zero-order valence-corrected chi connectivity index (χ0v) is 15.6. The minimum absolute atomic E-state index is 0.0361. The molecule has 0 atom stereocenters. The molecule has 0 radical (unpaired) electrons. The number of esters is 1. The fourth-order valence-electron chi connectivity index (χ4n) is 2.28. The maximum Gasteiger partial charge on any atom is 0.321 e. The summed E-state index contributed by atoms with van der Waals surface area (Å²) in [6.07, 6.45) is 1.43. The van der Waals surface area contributed by atoms with Crippen molar-refractivity contribution in [3.8, 4) is 11.5 Å². The third kappa shape index (κ3) is 4.55. The van der Waals surface area contributed by atoms with Crippen molar-refractivity contribution >= 4 is 16.0 Å². The molecule has 2 aromatic rings. The first-order valence-corrected chi connectivity index (χ1v) is 9.26. The van der Waals surface area contributed by atoms with Crippen LogP contribution in [0.3, 0.4) is 0 Å². The average Bonchev–Trinajstić information content (AvgIpc) is 3.13. The first kappa shape index (κ1) is 19.8. The number of nitrogens with zero attached hydrogens (tertiary/aromatic N) is 1. The van der Waals surface area contributed by atoms with Gasteiger partial charge in [-0.2, -0.15) is 4.31 Å². The second kappa shape index (κ2) is 8.72. The van der Waals surface area contributed by atoms with Crippen LogP contribution in [-0.4, -0.2) is 46.1 Å². The Kier molecular flexibility index (Phi) is 6.64. The van der Waals surface area contributed by atoms with Crippen LogP contribution in [0.1, 0.15) is 12.7 Å². The molecule has 26 heavy (non-hydrogen) atoms. The number of rotatable bonds is 9. The van der Waals surface area contributed by atoms with E-state index in [1.807, 2.05) is 0 Å². The molecule has 0 aliphatic rings. The Balaban J connectivity index is 2.38. The van der Waals surface area contributed by atoms with E-state index in [9.17, 15) is 13.2 Å². The average molecular weight is 383 g/mol. The van der Waals surface area contributed by atoms with Crippen molar-refractivity contribution in [3.63, 3.8) is 0 Å². The molecule has 0 aliphatic carbocycles. The van der Waals surface area contributed by atoms with Crippen molar-refractivity contribution in [3.05, 3.63) is 42.4 Å². The Hall–Kier alpha value is -2.52. The fourth-order valence-corrected chi connectivity index (χ4v) is 3.65. The lowest BCUT2D eigenvalue weighted by Crippen LogP contribution is -2.36. The first-order valence-electron chi connectivity index (χ1n) is 7.82. The summed E-state index contributed by atoms with van der Waals surface area (Å²) in [6, 6.07) is 7.48. The van der Waals surface area contributed by atoms with E-state index in [1.54, 1.807) is 19.1 Å². The molecule has 0 amide bonds. The highest BCUT2D eigenvalue weighted by atomic mass is 32.2. The second-order valence-electron chi connectivity index (χ2n) is 5.17. The van der Waals surface area contributed by atoms with Gasteiger partial charge in [0, 0.05) is 6.07 Å². The van der Waals surface area contributed by atoms with Gasteiger partial charge in [-0.1, -0.05) is 0 Å². The number of methoxy groups -OCH3 is 2. The second-order valence-corrected chi connectivity index (χ2v) is 7.11. The number of ether oxygens (including phenoxy) is 3. The molecule has 1 heterocycles. The summed E-state index contributed by atoms with van der Waals surface area (Å²) in [5.41, 5.74) is 0. The van der Waals surface area contributed by atoms with Gasteiger partial charge < -0.3 is 18.6 Å². The molecule has 0 aliphatic heterocycles. The van der Waals surface area contributed by atoms with Gasteiger partial charge in [0.25, 0.3) is 0 Å². The van der Waals surface area contributed by atoms with E-state index in [-0.39, 0.29) is 23.8 Å². The van der Waals surface area contributed by atoms with Crippen LogP contribution in [0.15, 0.2) is 45.9 Å². The van der Waals surface area contributed by atoms with Crippen LogP contribution in [-0.2, 0) is 26.1 Å². The van der Waals surface area contributed by atoms with E-state index in [1.165, 1.54) is 38.7 Å². The molecule has 0 unspecified atom stereocenters. The molecule has 9 heteroatoms. The number of hydrogen-bond donors (Lipinski definition) is 0. The lowest BCUT2D eigenvalue weighted by molar-refractivity contribution is -0.143. The molecule has 0 bridgehead atoms. The van der Waals surface area contributed by atoms with E-state index in [0.29, 0.717) is 11.5 Å². The third-order valence-corrected chi connectivity index (χ3v) is 5.30. The van der Waals surface area contributed by atoms with Crippen molar-refractivity contribution in [2.24, 2.45) is 0 Å². The van der Waals surface area contributed by atoms with Crippen LogP contribution in [0.2, 0.25) is 0 Å². The Labute approximate surface area is 152 Å². The normalized spacial score (nSPS) is 11.4. The van der Waals surface area contributed by atoms with Crippen LogP contribution in [0, 0.1) is 0 Å². The van der Waals surface area contributed by atoms with Gasteiger partial charge in [0.2, 0.25) is 10.0 Å². The SMILES string of the molecule is CCOC(=O)CN(Cc1ccco1)S(=O)(=O)c1ccc(OC)c(OC)c1. The number of furan rings is 1. The van der Waals surface area contributed by atoms with Gasteiger partial charge in [-0.3, -0.25) is 4.79 Å². The third-order valence-electron chi connectivity index (χ3n) is 3.52. The van der Waals surface area contributed by atoms with E-state index in [0.717, 1.165) is 4.31 Å². The molecule has 0 saturated heterocycles. The summed E-state index contributed by atoms with van der Waals surface area (Å²) < 4.78 is 47.5. The number of benzene rings is 1. The van der Waals surface area contributed by atoms with E-state index in [2.05, 4.69) is 0 Å². The molecule has 2 rings (SSSR count). The lowest BCUT2D eigenvalue weighted by Gasteiger charge is -2.21. The topological polar surface area (TPSA) is 95.3 Å². The van der Waals surface area contributed by atoms with E-state index in [4.69, 9.17) is 18.6 Å². The summed E-state index contributed by atoms with van der Waals surface area (Å²) in [7, 11) is -1.15. The van der Waals surface area contributed by atoms with Crippen LogP contribution >= 0.6 is 0 Å². The van der Waals surface area contributed by atoms with Crippen LogP contribution in [0.25, 0.3) is 0 Å². The van der Waals surface area contributed by atoms with Crippen molar-refractivity contribution in [1.29, 1.82) is 0 Å². The van der Waals surface area contributed by atoms with Crippen LogP contribution in [0.4, 0.5) is 0 Å². The fraction of sp³-hybridized carbons (Fsp3) is 0.353. The highest BCUT2D eigenvalue weighted by Crippen LogP contribution is 2.31. The van der Waals surface area contributed by atoms with Crippen molar-refractivity contribution in [1.82, 2.24) is 4.31 Å². The van der Waals surface area contributed by atoms with E-state index < -0.39 is 22.5 Å². The Morgan fingerprint density at radius 1 is 1.15 bits per heavy atom. The van der Waals surface area contributed by atoms with Gasteiger partial charge in [-0.05, 0) is 31.2 Å². The predicted molar refractivity (Wildman–Crippen MR) is 92.5 cm³/mol. The molecule has 0 spiro atoms. The van der Waals surface area contributed by atoms with Crippen molar-refractivity contribution in [2.75, 3.05) is 27.4 Å². The predicted octanol–water partition coefficient (Wildman–Crippen LogP) is 2.05. The van der Waals surface area contributed by atoms with Gasteiger partial charge in [0.05, 0.1) is 38.5 Å². The Morgan fingerprint density at radius 3 is 2.46 bits per heavy atom. The highest BCUT2D eigenvalue weighted by molar-refractivity contribution is 7.89. The first-order chi connectivity index (χ1) is 12.4. The maximum absolute atomic E-state index is 13.0. The summed E-state index contributed by atoms with van der Waals surface area (Å²) in [5, 5.41) is 0. The summed E-state index contributed by atoms with van der Waals surface area (Å²) in [5.74, 6) is 0.415. The molecular formula is C17H21NO7S. The largest absolute Gasteiger partial charge is 0.493 e. The maximum atomic E-state index is 13.0. The summed E-state index contributed by atoms with van der Waals surface area (Å²) in [6.45, 7) is 1.26. The van der Waals surface area contributed by atoms with Crippen LogP contribution < -0.4 is 9.47 Å². The molecular weight excluding hydrogens is 362 g/mol. The quantitative estimate of drug-likeness (QED) is 0.612. The standard InChI is InChI=1S/C17H21NO7S/c1-4-24-17(19)12-18(11-13-6-5-9-25-13)26(20,21)14-7-8-15(22-2)16(10-14)23-3/h5-10H,4,11-12H2,1-3H3. The van der Waals surface area contributed by atoms with Crippen molar-refractivity contribution < 1.29 is 31.8 Å². The van der Waals surface area contributed by atoms with Crippen molar-refractivity contribution in [2.45, 2.75) is 18.4 Å². The van der Waals surface area contributed by atoms with Gasteiger partial charge in [0.1, 0.15) is 12.3 Å². The number of carbonyl (C=O) groups is 1. The minimum Gasteiger partial charge on any atom is -0.493 e. The van der Waals surface area contributed by atoms with Gasteiger partial charge in [-0.25, -0.2) is 8.42 Å². The smallest absolute Gasteiger partial charge is 0.321 e. The highest BCUT2D eigenvalue weighted by Gasteiger charge is 2.29. The van der Waals surface area contributed by atoms with Gasteiger partial charge in [-0.15, -0.1) is 0 Å². The van der Waals surface area contributed by atoms with Gasteiger partial charge in [0.15, 0.2) is 11.5 Å². The number of sulfonamides is 1. The number of carbonyl (C=O) groups excluding carboxylic acids is 1. The molecule has 1 aromatic heterocycles. The molecule has 142 valence electrons. The molecule has 0 fully saturated rings.